The molecule has 5 heteroatoms. The Labute approximate surface area is 94.2 Å². The fourth-order valence-electron chi connectivity index (χ4n) is 1.06. The second-order valence-corrected chi connectivity index (χ2v) is 3.75. The first-order valence-corrected chi connectivity index (χ1v) is 5.27. The zero-order valence-corrected chi connectivity index (χ0v) is 9.42. The summed E-state index contributed by atoms with van der Waals surface area (Å²) in [7, 11) is 0. The van der Waals surface area contributed by atoms with Crippen LogP contribution in [-0.2, 0) is 5.88 Å². The molecule has 0 N–H and O–H groups in total. The normalized spacial score (nSPS) is 10.4. The van der Waals surface area contributed by atoms with Crippen LogP contribution < -0.4 is 0 Å². The van der Waals surface area contributed by atoms with Crippen molar-refractivity contribution in [1.82, 2.24) is 10.1 Å². The lowest BCUT2D eigenvalue weighted by Gasteiger charge is -1.96. The van der Waals surface area contributed by atoms with Gasteiger partial charge >= 0.3 is 0 Å². The van der Waals surface area contributed by atoms with E-state index >= 15 is 0 Å². The molecule has 0 atom stereocenters. The summed E-state index contributed by atoms with van der Waals surface area (Å²) in [6.07, 6.45) is 0. The quantitative estimate of drug-likeness (QED) is 0.789. The topological polar surface area (TPSA) is 38.9 Å². The van der Waals surface area contributed by atoms with Crippen molar-refractivity contribution < 1.29 is 4.52 Å². The minimum atomic E-state index is 0.234. The van der Waals surface area contributed by atoms with Crippen molar-refractivity contribution >= 4 is 27.5 Å². The molecule has 14 heavy (non-hydrogen) atoms. The summed E-state index contributed by atoms with van der Waals surface area (Å²) < 4.78 is 5.84. The summed E-state index contributed by atoms with van der Waals surface area (Å²) in [5, 5.41) is 3.82. The lowest BCUT2D eigenvalue weighted by Crippen LogP contribution is -1.82. The highest BCUT2D eigenvalue weighted by atomic mass is 79.9. The molecule has 0 radical (unpaired) electrons. The van der Waals surface area contributed by atoms with E-state index in [0.717, 1.165) is 10.0 Å². The third-order valence-corrected chi connectivity index (χ3v) is 2.62. The number of aromatic nitrogens is 2. The summed E-state index contributed by atoms with van der Waals surface area (Å²) in [6.45, 7) is 0. The molecule has 0 aliphatic carbocycles. The lowest BCUT2D eigenvalue weighted by molar-refractivity contribution is 0.391. The van der Waals surface area contributed by atoms with Gasteiger partial charge in [-0.15, -0.1) is 11.6 Å². The molecule has 1 heterocycles. The minimum Gasteiger partial charge on any atom is -0.338 e. The molecule has 1 aromatic heterocycles. The summed E-state index contributed by atoms with van der Waals surface area (Å²) in [6, 6.07) is 7.67. The average molecular weight is 274 g/mol. The molecule has 0 spiro atoms. The third-order valence-electron chi connectivity index (χ3n) is 1.70. The molecule has 72 valence electrons. The van der Waals surface area contributed by atoms with E-state index in [1.165, 1.54) is 0 Å². The van der Waals surface area contributed by atoms with E-state index in [2.05, 4.69) is 26.1 Å². The number of halogens is 2. The van der Waals surface area contributed by atoms with E-state index in [0.29, 0.717) is 11.7 Å². The summed E-state index contributed by atoms with van der Waals surface area (Å²) in [5.41, 5.74) is 0.896. The first-order chi connectivity index (χ1) is 6.81. The SMILES string of the molecule is ClCc1nc(-c2ccccc2Br)no1. The summed E-state index contributed by atoms with van der Waals surface area (Å²) in [4.78, 5) is 4.12. The van der Waals surface area contributed by atoms with Crippen molar-refractivity contribution in [3.63, 3.8) is 0 Å². The first-order valence-electron chi connectivity index (χ1n) is 3.94. The van der Waals surface area contributed by atoms with Gasteiger partial charge in [0.25, 0.3) is 0 Å². The Kier molecular flexibility index (Phi) is 2.84. The monoisotopic (exact) mass is 272 g/mol. The Hall–Kier alpha value is -0.870. The number of rotatable bonds is 2. The van der Waals surface area contributed by atoms with Gasteiger partial charge in [0.05, 0.1) is 0 Å². The van der Waals surface area contributed by atoms with Crippen molar-refractivity contribution in [3.05, 3.63) is 34.6 Å². The van der Waals surface area contributed by atoms with Gasteiger partial charge in [0.2, 0.25) is 11.7 Å². The van der Waals surface area contributed by atoms with Crippen LogP contribution in [0.2, 0.25) is 0 Å². The fraction of sp³-hybridized carbons (Fsp3) is 0.111. The third kappa shape index (κ3) is 1.81. The highest BCUT2D eigenvalue weighted by molar-refractivity contribution is 9.10. The Balaban J connectivity index is 2.44. The second-order valence-electron chi connectivity index (χ2n) is 2.63. The van der Waals surface area contributed by atoms with Crippen molar-refractivity contribution in [2.75, 3.05) is 0 Å². The molecule has 0 saturated carbocycles. The summed E-state index contributed by atoms with van der Waals surface area (Å²) >= 11 is 8.97. The molecule has 0 unspecified atom stereocenters. The largest absolute Gasteiger partial charge is 0.338 e. The maximum Gasteiger partial charge on any atom is 0.241 e. The molecule has 0 saturated heterocycles. The Morgan fingerprint density at radius 3 is 2.79 bits per heavy atom. The maximum absolute atomic E-state index is 5.56. The predicted octanol–water partition coefficient (Wildman–Crippen LogP) is 3.24. The van der Waals surface area contributed by atoms with Crippen LogP contribution in [0.5, 0.6) is 0 Å². The van der Waals surface area contributed by atoms with E-state index in [4.69, 9.17) is 16.1 Å². The molecule has 2 rings (SSSR count). The van der Waals surface area contributed by atoms with Gasteiger partial charge < -0.3 is 4.52 Å². The van der Waals surface area contributed by atoms with E-state index in [-0.39, 0.29) is 5.88 Å². The second kappa shape index (κ2) is 4.11. The van der Waals surface area contributed by atoms with Gasteiger partial charge in [-0.3, -0.25) is 0 Å². The van der Waals surface area contributed by atoms with Crippen LogP contribution in [-0.4, -0.2) is 10.1 Å². The van der Waals surface area contributed by atoms with Gasteiger partial charge in [0, 0.05) is 10.0 Å². The average Bonchev–Trinajstić information content (AvgIpc) is 2.67. The standard InChI is InChI=1S/C9H6BrClN2O/c10-7-4-2-1-3-6(7)9-12-8(5-11)14-13-9/h1-4H,5H2. The minimum absolute atomic E-state index is 0.234. The van der Waals surface area contributed by atoms with Gasteiger partial charge in [-0.1, -0.05) is 33.2 Å². The van der Waals surface area contributed by atoms with Gasteiger partial charge in [0.1, 0.15) is 5.88 Å². The molecule has 3 nitrogen and oxygen atoms in total. The number of hydrogen-bond acceptors (Lipinski definition) is 3. The number of nitrogens with zero attached hydrogens (tertiary/aromatic N) is 2. The number of alkyl halides is 1. The van der Waals surface area contributed by atoms with Crippen LogP contribution in [0.15, 0.2) is 33.3 Å². The van der Waals surface area contributed by atoms with Crippen molar-refractivity contribution in [2.45, 2.75) is 5.88 Å². The predicted molar refractivity (Wildman–Crippen MR) is 57.0 cm³/mol. The molecule has 0 amide bonds. The van der Waals surface area contributed by atoms with Gasteiger partial charge in [-0.2, -0.15) is 4.98 Å². The molecule has 2 aromatic rings. The van der Waals surface area contributed by atoms with Crippen molar-refractivity contribution in [3.8, 4) is 11.4 Å². The Morgan fingerprint density at radius 2 is 2.14 bits per heavy atom. The fourth-order valence-corrected chi connectivity index (χ4v) is 1.63. The molecular formula is C9H6BrClN2O. The molecule has 0 fully saturated rings. The molecule has 1 aromatic carbocycles. The Bertz CT molecular complexity index is 444. The van der Waals surface area contributed by atoms with Crippen LogP contribution >= 0.6 is 27.5 Å². The smallest absolute Gasteiger partial charge is 0.241 e. The van der Waals surface area contributed by atoms with Crippen LogP contribution in [0, 0.1) is 0 Å². The zero-order valence-electron chi connectivity index (χ0n) is 7.08. The lowest BCUT2D eigenvalue weighted by atomic mass is 10.2. The molecule has 0 aliphatic heterocycles. The maximum atomic E-state index is 5.56. The van der Waals surface area contributed by atoms with E-state index < -0.39 is 0 Å². The van der Waals surface area contributed by atoms with Crippen LogP contribution in [0.1, 0.15) is 5.89 Å². The van der Waals surface area contributed by atoms with Gasteiger partial charge in [0.15, 0.2) is 0 Å². The van der Waals surface area contributed by atoms with Gasteiger partial charge in [-0.25, -0.2) is 0 Å². The van der Waals surface area contributed by atoms with Crippen LogP contribution in [0.4, 0.5) is 0 Å². The molecule has 0 aliphatic rings. The molecule has 0 bridgehead atoms. The van der Waals surface area contributed by atoms with E-state index in [1.54, 1.807) is 0 Å². The van der Waals surface area contributed by atoms with Crippen molar-refractivity contribution in [1.29, 1.82) is 0 Å². The summed E-state index contributed by atoms with van der Waals surface area (Å²) in [5.74, 6) is 1.21. The first kappa shape index (κ1) is 9.68. The van der Waals surface area contributed by atoms with Gasteiger partial charge in [-0.05, 0) is 12.1 Å². The number of hydrogen-bond donors (Lipinski definition) is 0. The van der Waals surface area contributed by atoms with Crippen molar-refractivity contribution in [2.24, 2.45) is 0 Å². The van der Waals surface area contributed by atoms with Crippen LogP contribution in [0.25, 0.3) is 11.4 Å². The van der Waals surface area contributed by atoms with E-state index in [1.807, 2.05) is 24.3 Å². The number of benzene rings is 1. The highest BCUT2D eigenvalue weighted by Gasteiger charge is 2.09. The Morgan fingerprint density at radius 1 is 1.36 bits per heavy atom. The van der Waals surface area contributed by atoms with Crippen LogP contribution in [0.3, 0.4) is 0 Å². The highest BCUT2D eigenvalue weighted by Crippen LogP contribution is 2.25. The zero-order chi connectivity index (χ0) is 9.97. The van der Waals surface area contributed by atoms with E-state index in [9.17, 15) is 0 Å². The molecular weight excluding hydrogens is 267 g/mol.